The number of carboxylic acid groups (broad SMARTS) is 1. The molecule has 4 rings (SSSR count). The first kappa shape index (κ1) is 18.8. The van der Waals surface area contributed by atoms with Crippen molar-refractivity contribution in [1.82, 2.24) is 4.57 Å². The first-order chi connectivity index (χ1) is 14.0. The molecule has 29 heavy (non-hydrogen) atoms. The fraction of sp³-hybridized carbons (Fsp3) is 0.115. The van der Waals surface area contributed by atoms with Crippen molar-refractivity contribution in [3.8, 4) is 0 Å². The van der Waals surface area contributed by atoms with Gasteiger partial charge in [0.1, 0.15) is 0 Å². The lowest BCUT2D eigenvalue weighted by atomic mass is 9.94. The van der Waals surface area contributed by atoms with Gasteiger partial charge in [0.05, 0.1) is 6.04 Å². The van der Waals surface area contributed by atoms with Gasteiger partial charge in [-0.2, -0.15) is 0 Å². The van der Waals surface area contributed by atoms with Gasteiger partial charge in [0.15, 0.2) is 0 Å². The van der Waals surface area contributed by atoms with Crippen LogP contribution in [0.5, 0.6) is 0 Å². The molecule has 0 bridgehead atoms. The number of aryl methyl sites for hydroxylation is 1. The van der Waals surface area contributed by atoms with E-state index >= 15 is 0 Å². The molecule has 0 aliphatic heterocycles. The number of nitrogens with zero attached hydrogens (tertiary/aromatic N) is 1. The quantitative estimate of drug-likeness (QED) is 0.426. The predicted molar refractivity (Wildman–Crippen MR) is 118 cm³/mol. The number of rotatable bonds is 5. The smallest absolute Gasteiger partial charge is 0.328 e. The Bertz CT molecular complexity index is 1200. The number of hydrogen-bond donors (Lipinski definition) is 1. The molecule has 0 saturated heterocycles. The van der Waals surface area contributed by atoms with E-state index in [1.54, 1.807) is 0 Å². The zero-order valence-corrected chi connectivity index (χ0v) is 16.5. The summed E-state index contributed by atoms with van der Waals surface area (Å²) in [6.45, 7) is 3.97. The molecule has 0 saturated carbocycles. The average Bonchev–Trinajstić information content (AvgIpc) is 3.13. The minimum atomic E-state index is -0.927. The van der Waals surface area contributed by atoms with Crippen molar-refractivity contribution in [2.75, 3.05) is 0 Å². The summed E-state index contributed by atoms with van der Waals surface area (Å²) in [5.41, 5.74) is 6.53. The minimum absolute atomic E-state index is 0.0661. The van der Waals surface area contributed by atoms with Crippen molar-refractivity contribution in [2.45, 2.75) is 19.9 Å². The van der Waals surface area contributed by atoms with Crippen LogP contribution in [0.3, 0.4) is 0 Å². The molecule has 0 aliphatic carbocycles. The zero-order chi connectivity index (χ0) is 20.4. The standard InChI is InChI=1S/C26H23NO2/c1-18-8-6-7-11-23(18)26(20-9-4-3-5-10-20)27-15-14-22-17-21(12-13-24(22)27)19(2)16-25(28)29/h3-17,26H,1-2H3,(H,28,29). The second kappa shape index (κ2) is 7.80. The fourth-order valence-corrected chi connectivity index (χ4v) is 3.92. The van der Waals surface area contributed by atoms with Crippen LogP contribution in [0, 0.1) is 6.92 Å². The number of aromatic nitrogens is 1. The predicted octanol–water partition coefficient (Wildman–Crippen LogP) is 6.08. The van der Waals surface area contributed by atoms with Crippen molar-refractivity contribution in [3.05, 3.63) is 113 Å². The van der Waals surface area contributed by atoms with E-state index in [2.05, 4.69) is 84.4 Å². The summed E-state index contributed by atoms with van der Waals surface area (Å²) in [6, 6.07) is 27.3. The molecule has 1 unspecified atom stereocenters. The second-order valence-corrected chi connectivity index (χ2v) is 7.33. The van der Waals surface area contributed by atoms with Crippen molar-refractivity contribution in [1.29, 1.82) is 0 Å². The largest absolute Gasteiger partial charge is 0.478 e. The van der Waals surface area contributed by atoms with Crippen LogP contribution in [0.1, 0.15) is 35.2 Å². The van der Waals surface area contributed by atoms with Crippen LogP contribution in [-0.4, -0.2) is 15.6 Å². The van der Waals surface area contributed by atoms with Gasteiger partial charge in [-0.3, -0.25) is 0 Å². The summed E-state index contributed by atoms with van der Waals surface area (Å²) in [7, 11) is 0. The average molecular weight is 381 g/mol. The fourth-order valence-electron chi connectivity index (χ4n) is 3.92. The molecule has 144 valence electrons. The Balaban J connectivity index is 1.88. The summed E-state index contributed by atoms with van der Waals surface area (Å²) in [6.07, 6.45) is 3.37. The normalized spacial score (nSPS) is 12.8. The summed E-state index contributed by atoms with van der Waals surface area (Å²) in [5.74, 6) is -0.927. The molecule has 1 N–H and O–H groups in total. The van der Waals surface area contributed by atoms with Gasteiger partial charge < -0.3 is 9.67 Å². The van der Waals surface area contributed by atoms with Crippen molar-refractivity contribution < 1.29 is 9.90 Å². The Labute approximate surface area is 170 Å². The molecule has 3 aromatic carbocycles. The number of aliphatic carboxylic acids is 1. The monoisotopic (exact) mass is 381 g/mol. The summed E-state index contributed by atoms with van der Waals surface area (Å²) < 4.78 is 2.30. The number of hydrogen-bond acceptors (Lipinski definition) is 1. The van der Waals surface area contributed by atoms with Gasteiger partial charge in [0, 0.05) is 23.2 Å². The van der Waals surface area contributed by atoms with E-state index in [0.29, 0.717) is 0 Å². The zero-order valence-electron chi connectivity index (χ0n) is 16.5. The molecule has 0 fully saturated rings. The van der Waals surface area contributed by atoms with Gasteiger partial charge in [-0.05, 0) is 59.9 Å². The Kier molecular flexibility index (Phi) is 5.05. The highest BCUT2D eigenvalue weighted by molar-refractivity contribution is 5.92. The molecule has 0 radical (unpaired) electrons. The summed E-state index contributed by atoms with van der Waals surface area (Å²) in [4.78, 5) is 11.0. The highest BCUT2D eigenvalue weighted by Gasteiger charge is 2.19. The van der Waals surface area contributed by atoms with E-state index in [0.717, 1.165) is 22.0 Å². The van der Waals surface area contributed by atoms with Crippen LogP contribution in [0.4, 0.5) is 0 Å². The Morgan fingerprint density at radius 3 is 2.41 bits per heavy atom. The third-order valence-corrected chi connectivity index (χ3v) is 5.39. The SMILES string of the molecule is CC(=CC(=O)O)c1ccc2c(ccn2C(c2ccccc2)c2ccccc2C)c1. The van der Waals surface area contributed by atoms with E-state index in [-0.39, 0.29) is 6.04 Å². The van der Waals surface area contributed by atoms with E-state index in [1.807, 2.05) is 19.1 Å². The Morgan fingerprint density at radius 1 is 0.966 bits per heavy atom. The molecule has 0 amide bonds. The van der Waals surface area contributed by atoms with Crippen LogP contribution >= 0.6 is 0 Å². The maximum atomic E-state index is 11.0. The molecule has 3 heteroatoms. The number of allylic oxidation sites excluding steroid dienone is 1. The van der Waals surface area contributed by atoms with Crippen LogP contribution < -0.4 is 0 Å². The first-order valence-electron chi connectivity index (χ1n) is 9.67. The number of carboxylic acids is 1. The lowest BCUT2D eigenvalue weighted by molar-refractivity contribution is -0.131. The van der Waals surface area contributed by atoms with E-state index in [4.69, 9.17) is 5.11 Å². The van der Waals surface area contributed by atoms with Crippen LogP contribution in [-0.2, 0) is 4.79 Å². The molecule has 1 aromatic heterocycles. The van der Waals surface area contributed by atoms with E-state index in [9.17, 15) is 4.79 Å². The third-order valence-electron chi connectivity index (χ3n) is 5.39. The molecule has 4 aromatic rings. The van der Waals surface area contributed by atoms with E-state index in [1.165, 1.54) is 22.8 Å². The summed E-state index contributed by atoms with van der Waals surface area (Å²) in [5, 5.41) is 10.1. The first-order valence-corrected chi connectivity index (χ1v) is 9.67. The minimum Gasteiger partial charge on any atom is -0.478 e. The van der Waals surface area contributed by atoms with Gasteiger partial charge in [0.2, 0.25) is 0 Å². The van der Waals surface area contributed by atoms with Gasteiger partial charge in [-0.15, -0.1) is 0 Å². The van der Waals surface area contributed by atoms with Gasteiger partial charge in [0.25, 0.3) is 0 Å². The third kappa shape index (κ3) is 3.72. The number of carbonyl (C=O) groups is 1. The van der Waals surface area contributed by atoms with Crippen LogP contribution in [0.25, 0.3) is 16.5 Å². The maximum Gasteiger partial charge on any atom is 0.328 e. The van der Waals surface area contributed by atoms with Gasteiger partial charge >= 0.3 is 5.97 Å². The number of benzene rings is 3. The van der Waals surface area contributed by atoms with Crippen molar-refractivity contribution >= 4 is 22.4 Å². The van der Waals surface area contributed by atoms with Crippen molar-refractivity contribution in [2.24, 2.45) is 0 Å². The molecule has 1 atom stereocenters. The maximum absolute atomic E-state index is 11.0. The van der Waals surface area contributed by atoms with E-state index < -0.39 is 5.97 Å². The molecule has 1 heterocycles. The highest BCUT2D eigenvalue weighted by Crippen LogP contribution is 2.33. The lowest BCUT2D eigenvalue weighted by Crippen LogP contribution is -2.12. The lowest BCUT2D eigenvalue weighted by Gasteiger charge is -2.23. The Morgan fingerprint density at radius 2 is 1.69 bits per heavy atom. The highest BCUT2D eigenvalue weighted by atomic mass is 16.4. The summed E-state index contributed by atoms with van der Waals surface area (Å²) >= 11 is 0. The molecule has 3 nitrogen and oxygen atoms in total. The van der Waals surface area contributed by atoms with Crippen LogP contribution in [0.15, 0.2) is 91.1 Å². The van der Waals surface area contributed by atoms with Crippen LogP contribution in [0.2, 0.25) is 0 Å². The number of fused-ring (bicyclic) bond motifs is 1. The molecular formula is C26H23NO2. The molecule has 0 spiro atoms. The van der Waals surface area contributed by atoms with Gasteiger partial charge in [-0.25, -0.2) is 4.79 Å². The van der Waals surface area contributed by atoms with Gasteiger partial charge in [-0.1, -0.05) is 60.7 Å². The second-order valence-electron chi connectivity index (χ2n) is 7.33. The topological polar surface area (TPSA) is 42.2 Å². The Hall–Kier alpha value is -3.59. The molecular weight excluding hydrogens is 358 g/mol. The van der Waals surface area contributed by atoms with Crippen molar-refractivity contribution in [3.63, 3.8) is 0 Å². The molecule has 0 aliphatic rings.